The minimum absolute atomic E-state index is 0.160. The van der Waals surface area contributed by atoms with Gasteiger partial charge in [-0.2, -0.15) is 0 Å². The molecule has 1 aliphatic heterocycles. The lowest BCUT2D eigenvalue weighted by Gasteiger charge is -2.38. The topological polar surface area (TPSA) is 38.3 Å². The third-order valence-electron chi connectivity index (χ3n) is 5.93. The molecule has 2 aliphatic rings. The molecule has 1 heterocycles. The number of rotatable bonds is 2. The number of ether oxygens (including phenoxy) is 1. The maximum Gasteiger partial charge on any atom is 0.339 e. The van der Waals surface area contributed by atoms with Crippen molar-refractivity contribution in [3.63, 3.8) is 0 Å². The first-order valence-corrected chi connectivity index (χ1v) is 9.39. The summed E-state index contributed by atoms with van der Waals surface area (Å²) in [4.78, 5) is 12.3. The van der Waals surface area contributed by atoms with Crippen LogP contribution < -0.4 is 5.32 Å². The number of carbonyl (C=O) groups excluding carboxylic acids is 1. The van der Waals surface area contributed by atoms with Crippen LogP contribution in [-0.4, -0.2) is 13.1 Å². The molecule has 5 rings (SSSR count). The van der Waals surface area contributed by atoms with Gasteiger partial charge in [0, 0.05) is 5.92 Å². The van der Waals surface area contributed by atoms with Gasteiger partial charge in [-0.25, -0.2) is 4.79 Å². The van der Waals surface area contributed by atoms with Crippen LogP contribution in [0, 0.1) is 5.92 Å². The number of allylic oxidation sites excluding steroid dienone is 2. The van der Waals surface area contributed by atoms with E-state index in [9.17, 15) is 4.79 Å². The summed E-state index contributed by atoms with van der Waals surface area (Å²) in [5.74, 6) is 0.478. The van der Waals surface area contributed by atoms with Crippen LogP contribution in [0.25, 0.3) is 10.8 Å². The Hall–Kier alpha value is -3.07. The van der Waals surface area contributed by atoms with Crippen LogP contribution in [0.2, 0.25) is 0 Å². The summed E-state index contributed by atoms with van der Waals surface area (Å²) in [6.07, 6.45) is 5.60. The molecule has 3 aromatic rings. The largest absolute Gasteiger partial charge is 0.465 e. The van der Waals surface area contributed by atoms with E-state index in [4.69, 9.17) is 4.74 Å². The van der Waals surface area contributed by atoms with Gasteiger partial charge in [-0.05, 0) is 46.4 Å². The molecule has 3 aromatic carbocycles. The molecule has 3 nitrogen and oxygen atoms in total. The first kappa shape index (κ1) is 16.1. The van der Waals surface area contributed by atoms with Gasteiger partial charge in [-0.3, -0.25) is 0 Å². The highest BCUT2D eigenvalue weighted by Gasteiger charge is 2.39. The fraction of sp³-hybridized carbons (Fsp3) is 0.208. The number of hydrogen-bond acceptors (Lipinski definition) is 3. The predicted molar refractivity (Wildman–Crippen MR) is 108 cm³/mol. The zero-order valence-corrected chi connectivity index (χ0v) is 15.2. The summed E-state index contributed by atoms with van der Waals surface area (Å²) >= 11 is 0. The number of para-hydroxylation sites is 1. The van der Waals surface area contributed by atoms with Crippen LogP contribution >= 0.6 is 0 Å². The maximum absolute atomic E-state index is 12.3. The van der Waals surface area contributed by atoms with Crippen molar-refractivity contribution in [2.45, 2.75) is 18.4 Å². The van der Waals surface area contributed by atoms with Crippen molar-refractivity contribution in [3.05, 3.63) is 89.5 Å². The molecular weight excluding hydrogens is 334 g/mol. The molecular formula is C24H21NO2. The Balaban J connectivity index is 1.64. The first-order valence-electron chi connectivity index (χ1n) is 9.39. The standard InChI is InChI=1S/C24H21NO2/c1-27-24(26)21-11-5-10-20-18-8-4-9-19(18)22(25-23(20)21)17-13-12-15-6-2-3-7-16(15)14-17/h2-8,10-14,18-19,22,25H,9H2,1H3. The Bertz CT molecular complexity index is 1070. The summed E-state index contributed by atoms with van der Waals surface area (Å²) in [5, 5.41) is 6.18. The van der Waals surface area contributed by atoms with Crippen LogP contribution in [0.15, 0.2) is 72.8 Å². The van der Waals surface area contributed by atoms with Crippen molar-refractivity contribution < 1.29 is 9.53 Å². The number of methoxy groups -OCH3 is 1. The van der Waals surface area contributed by atoms with Gasteiger partial charge in [0.25, 0.3) is 0 Å². The van der Waals surface area contributed by atoms with E-state index in [-0.39, 0.29) is 12.0 Å². The second-order valence-electron chi connectivity index (χ2n) is 7.34. The van der Waals surface area contributed by atoms with Crippen molar-refractivity contribution in [2.75, 3.05) is 12.4 Å². The molecule has 1 aliphatic carbocycles. The van der Waals surface area contributed by atoms with E-state index >= 15 is 0 Å². The zero-order valence-electron chi connectivity index (χ0n) is 15.2. The molecule has 0 aromatic heterocycles. The van der Waals surface area contributed by atoms with Gasteiger partial charge in [-0.1, -0.05) is 60.7 Å². The predicted octanol–water partition coefficient (Wildman–Crippen LogP) is 5.45. The van der Waals surface area contributed by atoms with E-state index in [0.29, 0.717) is 17.4 Å². The minimum atomic E-state index is -0.294. The lowest BCUT2D eigenvalue weighted by atomic mass is 9.76. The van der Waals surface area contributed by atoms with E-state index in [1.807, 2.05) is 12.1 Å². The molecule has 0 bridgehead atoms. The van der Waals surface area contributed by atoms with Gasteiger partial charge in [0.15, 0.2) is 0 Å². The monoisotopic (exact) mass is 355 g/mol. The molecule has 3 unspecified atom stereocenters. The van der Waals surface area contributed by atoms with E-state index in [2.05, 4.69) is 66.0 Å². The number of hydrogen-bond donors (Lipinski definition) is 1. The number of anilines is 1. The fourth-order valence-corrected chi connectivity index (χ4v) is 4.63. The lowest BCUT2D eigenvalue weighted by molar-refractivity contribution is 0.0601. The van der Waals surface area contributed by atoms with Crippen molar-refractivity contribution in [1.29, 1.82) is 0 Å². The molecule has 27 heavy (non-hydrogen) atoms. The first-order chi connectivity index (χ1) is 13.3. The van der Waals surface area contributed by atoms with Gasteiger partial charge in [0.1, 0.15) is 0 Å². The van der Waals surface area contributed by atoms with Crippen LogP contribution in [0.5, 0.6) is 0 Å². The third kappa shape index (κ3) is 2.54. The Labute approximate surface area is 158 Å². The SMILES string of the molecule is COC(=O)c1cccc2c1NC(c1ccc3ccccc3c1)C1CC=CC21. The average Bonchev–Trinajstić information content (AvgIpc) is 3.22. The number of nitrogens with one attached hydrogen (secondary N) is 1. The molecule has 0 saturated heterocycles. The van der Waals surface area contributed by atoms with Gasteiger partial charge < -0.3 is 10.1 Å². The summed E-state index contributed by atoms with van der Waals surface area (Å²) in [6.45, 7) is 0. The van der Waals surface area contributed by atoms with Crippen LogP contribution in [0.4, 0.5) is 5.69 Å². The average molecular weight is 355 g/mol. The van der Waals surface area contributed by atoms with Crippen LogP contribution in [-0.2, 0) is 4.74 Å². The van der Waals surface area contributed by atoms with Gasteiger partial charge >= 0.3 is 5.97 Å². The fourth-order valence-electron chi connectivity index (χ4n) is 4.63. The van der Waals surface area contributed by atoms with Crippen molar-refractivity contribution in [2.24, 2.45) is 5.92 Å². The van der Waals surface area contributed by atoms with Gasteiger partial charge in [-0.15, -0.1) is 0 Å². The highest BCUT2D eigenvalue weighted by molar-refractivity contribution is 5.97. The molecule has 3 atom stereocenters. The summed E-state index contributed by atoms with van der Waals surface area (Å²) in [7, 11) is 1.43. The quantitative estimate of drug-likeness (QED) is 0.490. The zero-order chi connectivity index (χ0) is 18.4. The number of esters is 1. The molecule has 0 saturated carbocycles. The molecule has 0 fully saturated rings. The molecule has 3 heteroatoms. The van der Waals surface area contributed by atoms with Crippen molar-refractivity contribution in [1.82, 2.24) is 0 Å². The van der Waals surface area contributed by atoms with Crippen molar-refractivity contribution in [3.8, 4) is 0 Å². The van der Waals surface area contributed by atoms with Gasteiger partial charge in [0.2, 0.25) is 0 Å². The highest BCUT2D eigenvalue weighted by atomic mass is 16.5. The molecule has 0 amide bonds. The number of fused-ring (bicyclic) bond motifs is 4. The summed E-state index contributed by atoms with van der Waals surface area (Å²) in [6, 6.07) is 21.2. The molecule has 0 spiro atoms. The van der Waals surface area contributed by atoms with E-state index in [0.717, 1.165) is 12.1 Å². The highest BCUT2D eigenvalue weighted by Crippen LogP contribution is 2.50. The Morgan fingerprint density at radius 2 is 1.89 bits per heavy atom. The second-order valence-corrected chi connectivity index (χ2v) is 7.34. The van der Waals surface area contributed by atoms with E-state index < -0.39 is 0 Å². The van der Waals surface area contributed by atoms with Crippen LogP contribution in [0.1, 0.15) is 39.9 Å². The second kappa shape index (κ2) is 6.27. The normalized spacial score (nSPS) is 22.8. The summed E-state index contributed by atoms with van der Waals surface area (Å²) in [5.41, 5.74) is 3.97. The molecule has 0 radical (unpaired) electrons. The minimum Gasteiger partial charge on any atom is -0.465 e. The Kier molecular flexibility index (Phi) is 3.75. The van der Waals surface area contributed by atoms with Crippen molar-refractivity contribution >= 4 is 22.4 Å². The van der Waals surface area contributed by atoms with E-state index in [1.165, 1.54) is 29.0 Å². The lowest BCUT2D eigenvalue weighted by Crippen LogP contribution is -2.30. The summed E-state index contributed by atoms with van der Waals surface area (Å²) < 4.78 is 5.02. The smallest absolute Gasteiger partial charge is 0.339 e. The third-order valence-corrected chi connectivity index (χ3v) is 5.93. The number of benzene rings is 3. The maximum atomic E-state index is 12.3. The van der Waals surface area contributed by atoms with Crippen LogP contribution in [0.3, 0.4) is 0 Å². The Morgan fingerprint density at radius 1 is 1.04 bits per heavy atom. The number of carbonyl (C=O) groups is 1. The Morgan fingerprint density at radius 3 is 2.74 bits per heavy atom. The molecule has 134 valence electrons. The van der Waals surface area contributed by atoms with Gasteiger partial charge in [0.05, 0.1) is 24.4 Å². The molecule has 1 N–H and O–H groups in total. The van der Waals surface area contributed by atoms with E-state index in [1.54, 1.807) is 0 Å².